The van der Waals surface area contributed by atoms with Crippen LogP contribution in [0.15, 0.2) is 54.6 Å². The van der Waals surface area contributed by atoms with Crippen molar-refractivity contribution in [2.45, 2.75) is 71.4 Å². The van der Waals surface area contributed by atoms with Crippen molar-refractivity contribution in [2.75, 3.05) is 11.9 Å². The molecule has 1 aliphatic carbocycles. The molecule has 0 aliphatic heterocycles. The molecule has 1 fully saturated rings. The van der Waals surface area contributed by atoms with Crippen LogP contribution in [0, 0.1) is 18.8 Å². The van der Waals surface area contributed by atoms with Gasteiger partial charge in [-0.3, -0.25) is 9.59 Å². The van der Waals surface area contributed by atoms with Crippen molar-refractivity contribution in [3.05, 3.63) is 65.9 Å². The van der Waals surface area contributed by atoms with E-state index in [2.05, 4.69) is 20.9 Å². The lowest BCUT2D eigenvalue weighted by Gasteiger charge is -2.29. The number of aromatic amines is 1. The molecule has 1 aliphatic rings. The van der Waals surface area contributed by atoms with Crippen LogP contribution in [-0.4, -0.2) is 41.1 Å². The Hall–Kier alpha value is -3.81. The van der Waals surface area contributed by atoms with Gasteiger partial charge in [-0.05, 0) is 89.1 Å². The van der Waals surface area contributed by atoms with Crippen molar-refractivity contribution in [1.82, 2.24) is 15.6 Å². The van der Waals surface area contributed by atoms with Crippen molar-refractivity contribution >= 4 is 34.5 Å². The summed E-state index contributed by atoms with van der Waals surface area (Å²) in [4.78, 5) is 41.9. The number of anilines is 1. The highest BCUT2D eigenvalue weighted by Gasteiger charge is 2.30. The number of rotatable bonds is 8. The first-order chi connectivity index (χ1) is 18.6. The summed E-state index contributed by atoms with van der Waals surface area (Å²) < 4.78 is 5.31. The van der Waals surface area contributed by atoms with E-state index in [-0.39, 0.29) is 17.7 Å². The molecule has 1 heterocycles. The third-order valence-corrected chi connectivity index (χ3v) is 7.09. The Morgan fingerprint density at radius 2 is 1.72 bits per heavy atom. The molecule has 0 radical (unpaired) electrons. The van der Waals surface area contributed by atoms with Crippen molar-refractivity contribution in [2.24, 2.45) is 11.8 Å². The molecule has 8 heteroatoms. The Labute approximate surface area is 230 Å². The Kier molecular flexibility index (Phi) is 8.94. The van der Waals surface area contributed by atoms with E-state index in [1.165, 1.54) is 0 Å². The monoisotopic (exact) mass is 532 g/mol. The van der Waals surface area contributed by atoms with E-state index in [0.29, 0.717) is 24.6 Å². The van der Waals surface area contributed by atoms with Gasteiger partial charge >= 0.3 is 6.09 Å². The van der Waals surface area contributed by atoms with Gasteiger partial charge in [-0.2, -0.15) is 0 Å². The summed E-state index contributed by atoms with van der Waals surface area (Å²) in [5.41, 5.74) is 3.20. The van der Waals surface area contributed by atoms with Gasteiger partial charge in [0.2, 0.25) is 11.8 Å². The minimum atomic E-state index is -0.699. The van der Waals surface area contributed by atoms with E-state index in [1.807, 2.05) is 82.3 Å². The summed E-state index contributed by atoms with van der Waals surface area (Å²) in [6.45, 7) is 8.04. The van der Waals surface area contributed by atoms with E-state index >= 15 is 0 Å². The van der Waals surface area contributed by atoms with Crippen molar-refractivity contribution < 1.29 is 19.1 Å². The van der Waals surface area contributed by atoms with Crippen molar-refractivity contribution in [3.8, 4) is 0 Å². The molecule has 0 bridgehead atoms. The number of hydrogen-bond donors (Lipinski definition) is 4. The number of alkyl carbamates (subject to hydrolysis) is 1. The quantitative estimate of drug-likeness (QED) is 0.308. The van der Waals surface area contributed by atoms with Gasteiger partial charge in [0, 0.05) is 41.2 Å². The molecule has 2 aromatic carbocycles. The number of ether oxygens (including phenoxy) is 1. The number of H-pyrrole nitrogens is 1. The fourth-order valence-electron chi connectivity index (χ4n) is 5.10. The zero-order valence-electron chi connectivity index (χ0n) is 23.3. The zero-order chi connectivity index (χ0) is 28.0. The van der Waals surface area contributed by atoms with Crippen LogP contribution in [0.4, 0.5) is 10.5 Å². The first kappa shape index (κ1) is 28.2. The summed E-state index contributed by atoms with van der Waals surface area (Å²) in [6.07, 6.45) is 3.09. The van der Waals surface area contributed by atoms with Crippen LogP contribution in [0.25, 0.3) is 10.9 Å². The predicted molar refractivity (Wildman–Crippen MR) is 153 cm³/mol. The summed E-state index contributed by atoms with van der Waals surface area (Å²) in [5, 5.41) is 9.91. The van der Waals surface area contributed by atoms with Gasteiger partial charge in [0.25, 0.3) is 0 Å². The number of carbonyl (C=O) groups excluding carboxylic acids is 3. The summed E-state index contributed by atoms with van der Waals surface area (Å²) in [5.74, 6) is -0.194. The number of nitrogens with one attached hydrogen (secondary N) is 4. The topological polar surface area (TPSA) is 112 Å². The molecule has 0 spiro atoms. The fraction of sp³-hybridized carbons (Fsp3) is 0.452. The zero-order valence-corrected chi connectivity index (χ0v) is 23.3. The Morgan fingerprint density at radius 3 is 2.41 bits per heavy atom. The third kappa shape index (κ3) is 8.34. The lowest BCUT2D eigenvalue weighted by atomic mass is 9.81. The third-order valence-electron chi connectivity index (χ3n) is 7.09. The molecular formula is C31H40N4O4. The van der Waals surface area contributed by atoms with Crippen LogP contribution >= 0.6 is 0 Å². The van der Waals surface area contributed by atoms with E-state index in [4.69, 9.17) is 4.74 Å². The van der Waals surface area contributed by atoms with E-state index in [1.54, 1.807) is 0 Å². The number of fused-ring (bicyclic) bond motifs is 1. The number of aromatic nitrogens is 1. The van der Waals surface area contributed by atoms with Gasteiger partial charge in [0.05, 0.1) is 0 Å². The molecule has 1 aromatic heterocycles. The molecule has 0 saturated heterocycles. The maximum atomic E-state index is 13.4. The highest BCUT2D eigenvalue weighted by Crippen LogP contribution is 2.29. The molecule has 39 heavy (non-hydrogen) atoms. The smallest absolute Gasteiger partial charge is 0.407 e. The van der Waals surface area contributed by atoms with Gasteiger partial charge in [-0.25, -0.2) is 4.79 Å². The van der Waals surface area contributed by atoms with Crippen molar-refractivity contribution in [3.63, 3.8) is 0 Å². The average Bonchev–Trinajstić information content (AvgIpc) is 3.26. The Morgan fingerprint density at radius 1 is 1.00 bits per heavy atom. The molecule has 8 nitrogen and oxygen atoms in total. The minimum absolute atomic E-state index is 0.0960. The second-order valence-corrected chi connectivity index (χ2v) is 11.6. The van der Waals surface area contributed by atoms with Crippen molar-refractivity contribution in [1.29, 1.82) is 0 Å². The highest BCUT2D eigenvalue weighted by atomic mass is 16.6. The number of carbonyl (C=O) groups is 3. The lowest BCUT2D eigenvalue weighted by molar-refractivity contribution is -0.130. The number of aryl methyl sites for hydroxylation is 1. The van der Waals surface area contributed by atoms with Crippen LogP contribution in [0.5, 0.6) is 0 Å². The van der Waals surface area contributed by atoms with Gasteiger partial charge in [-0.1, -0.05) is 30.3 Å². The Bertz CT molecular complexity index is 1290. The molecule has 208 valence electrons. The van der Waals surface area contributed by atoms with E-state index < -0.39 is 17.7 Å². The maximum Gasteiger partial charge on any atom is 0.407 e. The number of hydrogen-bond acceptors (Lipinski definition) is 4. The van der Waals surface area contributed by atoms with Gasteiger partial charge in [0.15, 0.2) is 0 Å². The summed E-state index contributed by atoms with van der Waals surface area (Å²) >= 11 is 0. The van der Waals surface area contributed by atoms with Crippen LogP contribution < -0.4 is 16.0 Å². The minimum Gasteiger partial charge on any atom is -0.444 e. The summed E-state index contributed by atoms with van der Waals surface area (Å²) in [6, 6.07) is 16.8. The second-order valence-electron chi connectivity index (χ2n) is 11.6. The second kappa shape index (κ2) is 12.4. The number of amides is 3. The van der Waals surface area contributed by atoms with Crippen LogP contribution in [0.1, 0.15) is 57.7 Å². The fourth-order valence-corrected chi connectivity index (χ4v) is 5.10. The Balaban J connectivity index is 1.35. The molecule has 0 unspecified atom stereocenters. The first-order valence-electron chi connectivity index (χ1n) is 13.8. The van der Waals surface area contributed by atoms with Gasteiger partial charge in [-0.15, -0.1) is 0 Å². The molecule has 4 rings (SSSR count). The molecule has 3 aromatic rings. The molecular weight excluding hydrogens is 492 g/mol. The van der Waals surface area contributed by atoms with Gasteiger partial charge < -0.3 is 25.7 Å². The lowest BCUT2D eigenvalue weighted by Crippen LogP contribution is -2.48. The molecule has 3 amide bonds. The molecule has 4 N–H and O–H groups in total. The first-order valence-corrected chi connectivity index (χ1v) is 13.8. The molecule has 1 atom stereocenters. The normalized spacial score (nSPS) is 18.3. The average molecular weight is 533 g/mol. The van der Waals surface area contributed by atoms with E-state index in [0.717, 1.165) is 47.8 Å². The standard InChI is InChI=1S/C31H40N4O4/c1-20-16-24-18-25(14-15-26(24)33-20)34-29(37)27(17-21-8-6-5-7-9-21)35-28(36)23-12-10-22(11-13-23)19-32-30(38)39-31(2,3)4/h5-9,14-16,18,22-23,27,33H,10-13,17,19H2,1-4H3,(H,32,38)(H,34,37)(H,35,36)/t22?,23?,27-/m0/s1. The largest absolute Gasteiger partial charge is 0.444 e. The molecule has 1 saturated carbocycles. The summed E-state index contributed by atoms with van der Waals surface area (Å²) in [7, 11) is 0. The van der Waals surface area contributed by atoms with Gasteiger partial charge in [0.1, 0.15) is 11.6 Å². The maximum absolute atomic E-state index is 13.4. The SMILES string of the molecule is Cc1cc2cc(NC(=O)[C@H](Cc3ccccc3)NC(=O)C3CCC(CNC(=O)OC(C)(C)C)CC3)ccc2[nH]1. The highest BCUT2D eigenvalue weighted by molar-refractivity contribution is 5.99. The predicted octanol–water partition coefficient (Wildman–Crippen LogP) is 5.47. The van der Waals surface area contributed by atoms with E-state index in [9.17, 15) is 14.4 Å². The number of benzene rings is 2. The van der Waals surface area contributed by atoms with Crippen LogP contribution in [0.2, 0.25) is 0 Å². The van der Waals surface area contributed by atoms with Crippen LogP contribution in [-0.2, 0) is 20.7 Å². The van der Waals surface area contributed by atoms with Crippen LogP contribution in [0.3, 0.4) is 0 Å².